The summed E-state index contributed by atoms with van der Waals surface area (Å²) < 4.78 is 13.3. The van der Waals surface area contributed by atoms with Crippen LogP contribution in [-0.2, 0) is 0 Å². The average Bonchev–Trinajstić information content (AvgIpc) is 2.69. The average molecular weight is 222 g/mol. The van der Waals surface area contributed by atoms with Gasteiger partial charge in [-0.1, -0.05) is 12.1 Å². The number of carbonyl (C=O) groups is 1. The monoisotopic (exact) mass is 222 g/mol. The number of hydrogen-bond donors (Lipinski definition) is 1. The molecule has 0 unspecified atom stereocenters. The van der Waals surface area contributed by atoms with E-state index in [1.807, 2.05) is 5.38 Å². The van der Waals surface area contributed by atoms with E-state index in [0.29, 0.717) is 5.56 Å². The van der Waals surface area contributed by atoms with Crippen LogP contribution in [0.4, 0.5) is 4.39 Å². The van der Waals surface area contributed by atoms with E-state index in [1.165, 1.54) is 17.4 Å². The third-order valence-corrected chi connectivity index (χ3v) is 2.74. The molecule has 2 rings (SSSR count). The maximum Gasteiger partial charge on any atom is 0.339 e. The topological polar surface area (TPSA) is 37.3 Å². The van der Waals surface area contributed by atoms with Crippen molar-refractivity contribution in [1.82, 2.24) is 0 Å². The van der Waals surface area contributed by atoms with Crippen molar-refractivity contribution in [3.8, 4) is 11.1 Å². The zero-order valence-electron chi connectivity index (χ0n) is 7.61. The molecule has 0 fully saturated rings. The van der Waals surface area contributed by atoms with Crippen LogP contribution in [0.2, 0.25) is 0 Å². The molecule has 1 N–H and O–H groups in total. The van der Waals surface area contributed by atoms with Gasteiger partial charge >= 0.3 is 5.97 Å². The molecule has 0 radical (unpaired) electrons. The van der Waals surface area contributed by atoms with Gasteiger partial charge in [-0.25, -0.2) is 9.18 Å². The van der Waals surface area contributed by atoms with Crippen molar-refractivity contribution in [2.75, 3.05) is 0 Å². The Hall–Kier alpha value is -1.68. The fourth-order valence-corrected chi connectivity index (χ4v) is 2.06. The third kappa shape index (κ3) is 1.76. The van der Waals surface area contributed by atoms with Crippen LogP contribution in [0.3, 0.4) is 0 Å². The third-order valence-electron chi connectivity index (χ3n) is 2.06. The molecule has 0 spiro atoms. The molecule has 2 nitrogen and oxygen atoms in total. The highest BCUT2D eigenvalue weighted by atomic mass is 32.1. The number of aromatic carboxylic acids is 1. The van der Waals surface area contributed by atoms with Crippen LogP contribution in [0.1, 0.15) is 10.4 Å². The molecule has 1 aromatic carbocycles. The largest absolute Gasteiger partial charge is 0.478 e. The predicted molar refractivity (Wildman–Crippen MR) is 56.7 cm³/mol. The smallest absolute Gasteiger partial charge is 0.339 e. The molecular weight excluding hydrogens is 215 g/mol. The Kier molecular flexibility index (Phi) is 2.51. The number of carboxylic acids is 1. The van der Waals surface area contributed by atoms with Crippen LogP contribution in [0.5, 0.6) is 0 Å². The minimum atomic E-state index is -1.24. The first-order valence-corrected chi connectivity index (χ1v) is 5.19. The van der Waals surface area contributed by atoms with Gasteiger partial charge in [-0.3, -0.25) is 0 Å². The summed E-state index contributed by atoms with van der Waals surface area (Å²) in [5.41, 5.74) is 0.886. The zero-order valence-corrected chi connectivity index (χ0v) is 8.42. The second-order valence-electron chi connectivity index (χ2n) is 2.98. The lowest BCUT2D eigenvalue weighted by Gasteiger charge is -2.04. The fourth-order valence-electron chi connectivity index (χ4n) is 1.40. The molecule has 0 amide bonds. The number of thiophene rings is 1. The minimum absolute atomic E-state index is 0.268. The summed E-state index contributed by atoms with van der Waals surface area (Å²) in [5.74, 6) is -1.94. The molecule has 1 aromatic heterocycles. The zero-order chi connectivity index (χ0) is 10.8. The lowest BCUT2D eigenvalue weighted by molar-refractivity contribution is 0.0693. The Morgan fingerprint density at radius 1 is 1.33 bits per heavy atom. The number of halogens is 1. The van der Waals surface area contributed by atoms with E-state index in [-0.39, 0.29) is 5.56 Å². The standard InChI is InChI=1S/C11H7FO2S/c12-9-3-1-2-8(10(9)11(13)14)7-4-5-15-6-7/h1-6H,(H,13,14). The minimum Gasteiger partial charge on any atom is -0.478 e. The highest BCUT2D eigenvalue weighted by Gasteiger charge is 2.16. The highest BCUT2D eigenvalue weighted by Crippen LogP contribution is 2.27. The SMILES string of the molecule is O=C(O)c1c(F)cccc1-c1ccsc1. The van der Waals surface area contributed by atoms with Crippen LogP contribution >= 0.6 is 11.3 Å². The quantitative estimate of drug-likeness (QED) is 0.846. The van der Waals surface area contributed by atoms with Crippen LogP contribution in [-0.4, -0.2) is 11.1 Å². The molecule has 0 aliphatic carbocycles. The van der Waals surface area contributed by atoms with Gasteiger partial charge in [0.2, 0.25) is 0 Å². The molecule has 0 saturated carbocycles. The molecule has 0 bridgehead atoms. The van der Waals surface area contributed by atoms with Crippen LogP contribution in [0, 0.1) is 5.82 Å². The lowest BCUT2D eigenvalue weighted by Crippen LogP contribution is -2.02. The molecule has 4 heteroatoms. The van der Waals surface area contributed by atoms with Crippen molar-refractivity contribution in [2.24, 2.45) is 0 Å². The number of hydrogen-bond acceptors (Lipinski definition) is 2. The van der Waals surface area contributed by atoms with Gasteiger partial charge in [0.1, 0.15) is 11.4 Å². The molecule has 0 saturated heterocycles. The predicted octanol–water partition coefficient (Wildman–Crippen LogP) is 3.25. The Balaban J connectivity index is 2.66. The van der Waals surface area contributed by atoms with Crippen LogP contribution < -0.4 is 0 Å². The summed E-state index contributed by atoms with van der Waals surface area (Å²) in [6.07, 6.45) is 0. The summed E-state index contributed by atoms with van der Waals surface area (Å²) >= 11 is 1.45. The Morgan fingerprint density at radius 2 is 2.13 bits per heavy atom. The summed E-state index contributed by atoms with van der Waals surface area (Å²) in [5, 5.41) is 12.5. The molecule has 1 heterocycles. The van der Waals surface area contributed by atoms with Gasteiger partial charge < -0.3 is 5.11 Å². The normalized spacial score (nSPS) is 10.2. The van der Waals surface area contributed by atoms with Gasteiger partial charge in [-0.05, 0) is 34.0 Å². The lowest BCUT2D eigenvalue weighted by atomic mass is 10.0. The van der Waals surface area contributed by atoms with Gasteiger partial charge in [0, 0.05) is 0 Å². The van der Waals surface area contributed by atoms with E-state index in [0.717, 1.165) is 11.6 Å². The molecule has 0 aliphatic heterocycles. The van der Waals surface area contributed by atoms with E-state index in [2.05, 4.69) is 0 Å². The molecule has 0 aliphatic rings. The molecule has 0 atom stereocenters. The van der Waals surface area contributed by atoms with E-state index in [4.69, 9.17) is 5.11 Å². The second-order valence-corrected chi connectivity index (χ2v) is 3.76. The van der Waals surface area contributed by atoms with Gasteiger partial charge in [0.05, 0.1) is 0 Å². The van der Waals surface area contributed by atoms with E-state index in [1.54, 1.807) is 17.5 Å². The van der Waals surface area contributed by atoms with Crippen LogP contribution in [0.25, 0.3) is 11.1 Å². The molecule has 15 heavy (non-hydrogen) atoms. The van der Waals surface area contributed by atoms with Gasteiger partial charge in [-0.2, -0.15) is 11.3 Å². The van der Waals surface area contributed by atoms with Crippen LogP contribution in [0.15, 0.2) is 35.0 Å². The van der Waals surface area contributed by atoms with Crippen molar-refractivity contribution in [3.63, 3.8) is 0 Å². The number of benzene rings is 1. The van der Waals surface area contributed by atoms with E-state index >= 15 is 0 Å². The van der Waals surface area contributed by atoms with Crippen molar-refractivity contribution < 1.29 is 14.3 Å². The summed E-state index contributed by atoms with van der Waals surface area (Å²) in [7, 11) is 0. The number of carboxylic acid groups (broad SMARTS) is 1. The molecule has 2 aromatic rings. The van der Waals surface area contributed by atoms with Crippen molar-refractivity contribution in [3.05, 3.63) is 46.4 Å². The maximum absolute atomic E-state index is 13.3. The Morgan fingerprint density at radius 3 is 2.73 bits per heavy atom. The van der Waals surface area contributed by atoms with E-state index < -0.39 is 11.8 Å². The number of rotatable bonds is 2. The second kappa shape index (κ2) is 3.82. The summed E-state index contributed by atoms with van der Waals surface area (Å²) in [4.78, 5) is 10.9. The maximum atomic E-state index is 13.3. The van der Waals surface area contributed by atoms with Crippen molar-refractivity contribution in [2.45, 2.75) is 0 Å². The molecule has 76 valence electrons. The van der Waals surface area contributed by atoms with Crippen molar-refractivity contribution in [1.29, 1.82) is 0 Å². The first kappa shape index (κ1) is 9.86. The van der Waals surface area contributed by atoms with Gasteiger partial charge in [-0.15, -0.1) is 0 Å². The Labute approximate surface area is 89.6 Å². The van der Waals surface area contributed by atoms with Gasteiger partial charge in [0.25, 0.3) is 0 Å². The first-order chi connectivity index (χ1) is 7.20. The summed E-state index contributed by atoms with van der Waals surface area (Å²) in [6, 6.07) is 6.04. The van der Waals surface area contributed by atoms with Gasteiger partial charge in [0.15, 0.2) is 0 Å². The first-order valence-electron chi connectivity index (χ1n) is 4.24. The summed E-state index contributed by atoms with van der Waals surface area (Å²) in [6.45, 7) is 0. The van der Waals surface area contributed by atoms with E-state index in [9.17, 15) is 9.18 Å². The molecular formula is C11H7FO2S. The van der Waals surface area contributed by atoms with Crippen molar-refractivity contribution >= 4 is 17.3 Å². The highest BCUT2D eigenvalue weighted by molar-refractivity contribution is 7.08. The fraction of sp³-hybridized carbons (Fsp3) is 0. The Bertz CT molecular complexity index is 491.